The molecule has 2 rings (SSSR count). The monoisotopic (exact) mass is 309 g/mol. The lowest BCUT2D eigenvalue weighted by Crippen LogP contribution is -2.36. The second kappa shape index (κ2) is 5.87. The van der Waals surface area contributed by atoms with Crippen LogP contribution < -0.4 is 4.90 Å². The van der Waals surface area contributed by atoms with Crippen LogP contribution in [0.1, 0.15) is 19.3 Å². The number of benzene rings is 1. The number of nitrogens with zero attached hydrogens (tertiary/aromatic N) is 1. The molecule has 1 aromatic rings. The van der Waals surface area contributed by atoms with Crippen LogP contribution in [0, 0.1) is 35.0 Å². The molecule has 1 aliphatic rings. The number of rotatable bonds is 3. The summed E-state index contributed by atoms with van der Waals surface area (Å²) < 4.78 is 66.5. The highest BCUT2D eigenvalue weighted by atomic mass is 19.2. The van der Waals surface area contributed by atoms with Crippen LogP contribution in [0.3, 0.4) is 0 Å². The van der Waals surface area contributed by atoms with Gasteiger partial charge >= 0.3 is 5.97 Å². The lowest BCUT2D eigenvalue weighted by molar-refractivity contribution is -0.138. The highest BCUT2D eigenvalue weighted by Crippen LogP contribution is 2.33. The van der Waals surface area contributed by atoms with Crippen molar-refractivity contribution in [3.8, 4) is 0 Å². The molecule has 8 heteroatoms. The number of carboxylic acid groups (broad SMARTS) is 1. The van der Waals surface area contributed by atoms with Gasteiger partial charge in [0.05, 0.1) is 0 Å². The van der Waals surface area contributed by atoms with Crippen LogP contribution in [0.15, 0.2) is 0 Å². The number of aliphatic carboxylic acids is 1. The Morgan fingerprint density at radius 1 is 0.952 bits per heavy atom. The molecule has 0 amide bonds. The molecule has 116 valence electrons. The summed E-state index contributed by atoms with van der Waals surface area (Å²) in [6.07, 6.45) is 0.544. The molecule has 0 saturated carbocycles. The van der Waals surface area contributed by atoms with Gasteiger partial charge in [0.1, 0.15) is 5.69 Å². The van der Waals surface area contributed by atoms with Crippen molar-refractivity contribution in [2.75, 3.05) is 18.0 Å². The van der Waals surface area contributed by atoms with Crippen molar-refractivity contribution in [1.29, 1.82) is 0 Å². The van der Waals surface area contributed by atoms with E-state index in [0.29, 0.717) is 12.8 Å². The smallest absolute Gasteiger partial charge is 0.303 e. The van der Waals surface area contributed by atoms with Crippen LogP contribution in [-0.2, 0) is 4.79 Å². The topological polar surface area (TPSA) is 40.5 Å². The molecule has 0 unspecified atom stereocenters. The Balaban J connectivity index is 2.23. The van der Waals surface area contributed by atoms with Gasteiger partial charge in [-0.25, -0.2) is 22.0 Å². The fourth-order valence-electron chi connectivity index (χ4n) is 2.48. The Kier molecular flexibility index (Phi) is 4.34. The summed E-state index contributed by atoms with van der Waals surface area (Å²) in [5.74, 6) is -11.0. The average molecular weight is 309 g/mol. The van der Waals surface area contributed by atoms with Gasteiger partial charge < -0.3 is 10.0 Å². The van der Waals surface area contributed by atoms with Crippen molar-refractivity contribution in [2.24, 2.45) is 5.92 Å². The van der Waals surface area contributed by atoms with E-state index in [-0.39, 0.29) is 25.4 Å². The third-order valence-electron chi connectivity index (χ3n) is 3.58. The molecule has 0 aliphatic carbocycles. The van der Waals surface area contributed by atoms with E-state index in [1.807, 2.05) is 0 Å². The maximum absolute atomic E-state index is 13.6. The Hall–Kier alpha value is -1.86. The first-order valence-corrected chi connectivity index (χ1v) is 6.31. The minimum Gasteiger partial charge on any atom is -0.481 e. The molecule has 0 spiro atoms. The van der Waals surface area contributed by atoms with E-state index in [1.54, 1.807) is 0 Å². The summed E-state index contributed by atoms with van der Waals surface area (Å²) in [5.41, 5.74) is -0.944. The molecular weight excluding hydrogens is 297 g/mol. The minimum atomic E-state index is -2.19. The number of hydrogen-bond donors (Lipinski definition) is 1. The van der Waals surface area contributed by atoms with E-state index < -0.39 is 40.7 Å². The largest absolute Gasteiger partial charge is 0.481 e. The summed E-state index contributed by atoms with van der Waals surface area (Å²) in [4.78, 5) is 11.6. The van der Waals surface area contributed by atoms with E-state index in [4.69, 9.17) is 5.11 Å². The van der Waals surface area contributed by atoms with Crippen LogP contribution in [0.2, 0.25) is 0 Å². The van der Waals surface area contributed by atoms with Gasteiger partial charge in [-0.15, -0.1) is 0 Å². The van der Waals surface area contributed by atoms with Crippen LogP contribution >= 0.6 is 0 Å². The zero-order valence-corrected chi connectivity index (χ0v) is 10.8. The molecule has 0 atom stereocenters. The highest BCUT2D eigenvalue weighted by molar-refractivity contribution is 5.67. The maximum Gasteiger partial charge on any atom is 0.303 e. The van der Waals surface area contributed by atoms with E-state index in [0.717, 1.165) is 4.90 Å². The molecule has 21 heavy (non-hydrogen) atoms. The molecular formula is C13H12F5NO2. The minimum absolute atomic E-state index is 0.0380. The maximum atomic E-state index is 13.6. The van der Waals surface area contributed by atoms with Gasteiger partial charge in [0.2, 0.25) is 5.82 Å². The average Bonchev–Trinajstić information content (AvgIpc) is 2.44. The summed E-state index contributed by atoms with van der Waals surface area (Å²) in [6, 6.07) is 0. The Morgan fingerprint density at radius 2 is 1.38 bits per heavy atom. The standard InChI is InChI=1S/C13H12F5NO2/c14-8-9(15)11(17)13(12(18)10(8)16)19-3-1-6(2-4-19)5-7(20)21/h6H,1-5H2,(H,20,21). The fraction of sp³-hybridized carbons (Fsp3) is 0.462. The predicted octanol–water partition coefficient (Wildman–Crippen LogP) is 3.07. The van der Waals surface area contributed by atoms with Crippen molar-refractivity contribution in [3.63, 3.8) is 0 Å². The van der Waals surface area contributed by atoms with Crippen molar-refractivity contribution in [2.45, 2.75) is 19.3 Å². The van der Waals surface area contributed by atoms with Crippen LogP contribution in [-0.4, -0.2) is 24.2 Å². The van der Waals surface area contributed by atoms with Gasteiger partial charge in [0.25, 0.3) is 0 Å². The lowest BCUT2D eigenvalue weighted by atomic mass is 9.93. The van der Waals surface area contributed by atoms with Crippen molar-refractivity contribution >= 4 is 11.7 Å². The first-order valence-electron chi connectivity index (χ1n) is 6.31. The zero-order chi connectivity index (χ0) is 15.7. The van der Waals surface area contributed by atoms with Gasteiger partial charge in [0.15, 0.2) is 23.3 Å². The number of hydrogen-bond acceptors (Lipinski definition) is 2. The molecule has 1 N–H and O–H groups in total. The number of piperidine rings is 1. The predicted molar refractivity (Wildman–Crippen MR) is 63.4 cm³/mol. The molecule has 0 aromatic heterocycles. The molecule has 3 nitrogen and oxygen atoms in total. The Morgan fingerprint density at radius 3 is 1.81 bits per heavy atom. The molecule has 1 fully saturated rings. The molecule has 1 heterocycles. The lowest BCUT2D eigenvalue weighted by Gasteiger charge is -2.33. The highest BCUT2D eigenvalue weighted by Gasteiger charge is 2.31. The molecule has 1 aliphatic heterocycles. The molecule has 0 radical (unpaired) electrons. The van der Waals surface area contributed by atoms with Gasteiger partial charge in [0, 0.05) is 19.5 Å². The number of carbonyl (C=O) groups is 1. The number of halogens is 5. The third kappa shape index (κ3) is 2.93. The Bertz CT molecular complexity index is 541. The quantitative estimate of drug-likeness (QED) is 0.530. The van der Waals surface area contributed by atoms with Gasteiger partial charge in [-0.3, -0.25) is 4.79 Å². The molecule has 0 bridgehead atoms. The van der Waals surface area contributed by atoms with E-state index in [9.17, 15) is 26.7 Å². The second-order valence-electron chi connectivity index (χ2n) is 4.95. The first-order chi connectivity index (χ1) is 9.82. The van der Waals surface area contributed by atoms with Crippen molar-refractivity contribution in [3.05, 3.63) is 29.1 Å². The fourth-order valence-corrected chi connectivity index (χ4v) is 2.48. The van der Waals surface area contributed by atoms with Crippen LogP contribution in [0.5, 0.6) is 0 Å². The van der Waals surface area contributed by atoms with Gasteiger partial charge in [-0.2, -0.15) is 0 Å². The molecule has 1 aromatic carbocycles. The van der Waals surface area contributed by atoms with E-state index >= 15 is 0 Å². The third-order valence-corrected chi connectivity index (χ3v) is 3.58. The van der Waals surface area contributed by atoms with E-state index in [2.05, 4.69) is 0 Å². The summed E-state index contributed by atoms with van der Waals surface area (Å²) in [6.45, 7) is 0.0760. The SMILES string of the molecule is O=C(O)CC1CCN(c2c(F)c(F)c(F)c(F)c2F)CC1. The normalized spacial score (nSPS) is 16.3. The van der Waals surface area contributed by atoms with Crippen LogP contribution in [0.4, 0.5) is 27.6 Å². The zero-order valence-electron chi connectivity index (χ0n) is 10.8. The Labute approximate surface area is 117 Å². The van der Waals surface area contributed by atoms with Crippen molar-refractivity contribution < 1.29 is 31.9 Å². The number of anilines is 1. The second-order valence-corrected chi connectivity index (χ2v) is 4.95. The summed E-state index contributed by atoms with van der Waals surface area (Å²) >= 11 is 0. The summed E-state index contributed by atoms with van der Waals surface area (Å²) in [7, 11) is 0. The first kappa shape index (κ1) is 15.5. The van der Waals surface area contributed by atoms with Gasteiger partial charge in [-0.05, 0) is 18.8 Å². The molecule has 1 saturated heterocycles. The van der Waals surface area contributed by atoms with Gasteiger partial charge in [-0.1, -0.05) is 0 Å². The van der Waals surface area contributed by atoms with E-state index in [1.165, 1.54) is 0 Å². The summed E-state index contributed by atoms with van der Waals surface area (Å²) in [5, 5.41) is 8.67. The van der Waals surface area contributed by atoms with Crippen molar-refractivity contribution in [1.82, 2.24) is 0 Å². The van der Waals surface area contributed by atoms with Crippen LogP contribution in [0.25, 0.3) is 0 Å². The number of carboxylic acids is 1.